The molecule has 0 aliphatic carbocycles. The standard InChI is InChI=1S/C19H15BrN2O2/c20-15-6-8-16(9-7-15)21-11-17-10-18(23)19(12-22-17)24-13-14-4-2-1-3-5-14/h1-12H,13H2,(H,22,23). The third kappa shape index (κ3) is 4.43. The molecule has 1 heterocycles. The van der Waals surface area contributed by atoms with Gasteiger partial charge in [0, 0.05) is 16.7 Å². The molecule has 0 aliphatic rings. The lowest BCUT2D eigenvalue weighted by Gasteiger charge is -2.05. The van der Waals surface area contributed by atoms with Crippen LogP contribution in [0, 0.1) is 0 Å². The molecule has 0 spiro atoms. The number of ether oxygens (including phenoxy) is 1. The van der Waals surface area contributed by atoms with E-state index in [1.54, 1.807) is 12.4 Å². The van der Waals surface area contributed by atoms with E-state index in [-0.39, 0.29) is 5.43 Å². The molecule has 0 unspecified atom stereocenters. The third-order valence-corrected chi connectivity index (χ3v) is 3.84. The molecule has 0 aliphatic heterocycles. The number of rotatable bonds is 5. The first-order valence-electron chi connectivity index (χ1n) is 7.40. The van der Waals surface area contributed by atoms with Crippen LogP contribution in [0.5, 0.6) is 5.75 Å². The third-order valence-electron chi connectivity index (χ3n) is 3.32. The first kappa shape index (κ1) is 16.2. The number of hydrogen-bond donors (Lipinski definition) is 1. The van der Waals surface area contributed by atoms with Gasteiger partial charge in [0.2, 0.25) is 5.43 Å². The molecule has 3 aromatic rings. The van der Waals surface area contributed by atoms with Crippen molar-refractivity contribution in [3.05, 3.63) is 92.8 Å². The van der Waals surface area contributed by atoms with Crippen molar-refractivity contribution >= 4 is 27.8 Å². The molecule has 5 heteroatoms. The molecule has 0 saturated heterocycles. The number of halogens is 1. The van der Waals surface area contributed by atoms with Gasteiger partial charge in [-0.3, -0.25) is 9.79 Å². The zero-order valence-corrected chi connectivity index (χ0v) is 14.4. The Hall–Kier alpha value is -2.66. The molecular weight excluding hydrogens is 368 g/mol. The molecule has 1 N–H and O–H groups in total. The predicted octanol–water partition coefficient (Wildman–Crippen LogP) is 4.47. The van der Waals surface area contributed by atoms with E-state index >= 15 is 0 Å². The van der Waals surface area contributed by atoms with Crippen LogP contribution >= 0.6 is 15.9 Å². The second-order valence-electron chi connectivity index (χ2n) is 5.13. The fourth-order valence-electron chi connectivity index (χ4n) is 2.07. The van der Waals surface area contributed by atoms with E-state index in [4.69, 9.17) is 4.74 Å². The number of nitrogens with one attached hydrogen (secondary N) is 1. The fourth-order valence-corrected chi connectivity index (χ4v) is 2.33. The number of aromatic amines is 1. The highest BCUT2D eigenvalue weighted by molar-refractivity contribution is 9.10. The summed E-state index contributed by atoms with van der Waals surface area (Å²) in [7, 11) is 0. The average Bonchev–Trinajstić information content (AvgIpc) is 2.61. The first-order valence-corrected chi connectivity index (χ1v) is 8.19. The lowest BCUT2D eigenvalue weighted by atomic mass is 10.2. The summed E-state index contributed by atoms with van der Waals surface area (Å²) in [6, 6.07) is 18.8. The number of benzene rings is 2. The number of nitrogens with zero attached hydrogens (tertiary/aromatic N) is 1. The average molecular weight is 383 g/mol. The summed E-state index contributed by atoms with van der Waals surface area (Å²) in [5.74, 6) is 0.291. The van der Waals surface area contributed by atoms with E-state index in [9.17, 15) is 4.79 Å². The summed E-state index contributed by atoms with van der Waals surface area (Å²) >= 11 is 3.38. The van der Waals surface area contributed by atoms with Gasteiger partial charge in [0.1, 0.15) is 6.61 Å². The highest BCUT2D eigenvalue weighted by atomic mass is 79.9. The molecular formula is C19H15BrN2O2. The Bertz CT molecular complexity index is 887. The second-order valence-corrected chi connectivity index (χ2v) is 6.04. The van der Waals surface area contributed by atoms with Crippen LogP contribution in [0.1, 0.15) is 11.3 Å². The Balaban J connectivity index is 1.68. The molecule has 0 saturated carbocycles. The summed E-state index contributed by atoms with van der Waals surface area (Å²) in [5, 5.41) is 0. The van der Waals surface area contributed by atoms with Crippen LogP contribution in [0.2, 0.25) is 0 Å². The van der Waals surface area contributed by atoms with Gasteiger partial charge in [0.05, 0.1) is 17.6 Å². The highest BCUT2D eigenvalue weighted by Gasteiger charge is 2.02. The second kappa shape index (κ2) is 7.75. The van der Waals surface area contributed by atoms with Crippen molar-refractivity contribution in [3.8, 4) is 5.75 Å². The number of hydrogen-bond acceptors (Lipinski definition) is 3. The van der Waals surface area contributed by atoms with Crippen molar-refractivity contribution in [1.29, 1.82) is 0 Å². The van der Waals surface area contributed by atoms with Crippen LogP contribution in [-0.2, 0) is 6.61 Å². The Morgan fingerprint density at radius 1 is 1.08 bits per heavy atom. The summed E-state index contributed by atoms with van der Waals surface area (Å²) in [6.07, 6.45) is 3.18. The van der Waals surface area contributed by atoms with E-state index in [1.165, 1.54) is 6.07 Å². The largest absolute Gasteiger partial charge is 0.483 e. The Labute approximate surface area is 148 Å². The van der Waals surface area contributed by atoms with Crippen molar-refractivity contribution in [2.45, 2.75) is 6.61 Å². The zero-order valence-electron chi connectivity index (χ0n) is 12.8. The lowest BCUT2D eigenvalue weighted by molar-refractivity contribution is 0.302. The van der Waals surface area contributed by atoms with Crippen LogP contribution in [0.25, 0.3) is 0 Å². The van der Waals surface area contributed by atoms with Crippen LogP contribution in [0.4, 0.5) is 5.69 Å². The molecule has 0 amide bonds. The minimum absolute atomic E-state index is 0.179. The van der Waals surface area contributed by atoms with Crippen molar-refractivity contribution < 1.29 is 4.74 Å². The highest BCUT2D eigenvalue weighted by Crippen LogP contribution is 2.16. The van der Waals surface area contributed by atoms with Crippen molar-refractivity contribution in [1.82, 2.24) is 4.98 Å². The lowest BCUT2D eigenvalue weighted by Crippen LogP contribution is -2.09. The first-order chi connectivity index (χ1) is 11.7. The van der Waals surface area contributed by atoms with E-state index in [0.717, 1.165) is 15.7 Å². The van der Waals surface area contributed by atoms with Gasteiger partial charge in [0.25, 0.3) is 0 Å². The minimum atomic E-state index is -0.179. The summed E-state index contributed by atoms with van der Waals surface area (Å²) in [5.41, 5.74) is 2.26. The number of aliphatic imine (C=N–C) groups is 1. The van der Waals surface area contributed by atoms with Crippen LogP contribution < -0.4 is 10.2 Å². The van der Waals surface area contributed by atoms with Gasteiger partial charge < -0.3 is 9.72 Å². The quantitative estimate of drug-likeness (QED) is 0.661. The smallest absolute Gasteiger partial charge is 0.224 e. The van der Waals surface area contributed by atoms with Gasteiger partial charge in [0.15, 0.2) is 5.75 Å². The molecule has 0 radical (unpaired) electrons. The molecule has 0 atom stereocenters. The van der Waals surface area contributed by atoms with Gasteiger partial charge >= 0.3 is 0 Å². The van der Waals surface area contributed by atoms with E-state index < -0.39 is 0 Å². The van der Waals surface area contributed by atoms with E-state index in [2.05, 4.69) is 25.9 Å². The minimum Gasteiger partial charge on any atom is -0.483 e. The number of pyridine rings is 1. The summed E-state index contributed by atoms with van der Waals surface area (Å²) in [6.45, 7) is 0.357. The maximum absolute atomic E-state index is 12.1. The topological polar surface area (TPSA) is 54.5 Å². The zero-order chi connectivity index (χ0) is 16.8. The molecule has 0 bridgehead atoms. The molecule has 1 aromatic heterocycles. The predicted molar refractivity (Wildman–Crippen MR) is 99.2 cm³/mol. The molecule has 4 nitrogen and oxygen atoms in total. The van der Waals surface area contributed by atoms with Crippen LogP contribution in [0.15, 0.2) is 81.1 Å². The van der Waals surface area contributed by atoms with Crippen molar-refractivity contribution in [2.24, 2.45) is 4.99 Å². The molecule has 24 heavy (non-hydrogen) atoms. The fraction of sp³-hybridized carbons (Fsp3) is 0.0526. The monoisotopic (exact) mass is 382 g/mol. The molecule has 120 valence electrons. The van der Waals surface area contributed by atoms with E-state index in [0.29, 0.717) is 18.1 Å². The van der Waals surface area contributed by atoms with E-state index in [1.807, 2.05) is 54.6 Å². The Morgan fingerprint density at radius 3 is 2.54 bits per heavy atom. The molecule has 3 rings (SSSR count). The summed E-state index contributed by atoms with van der Waals surface area (Å²) < 4.78 is 6.56. The Kier molecular flexibility index (Phi) is 5.23. The Morgan fingerprint density at radius 2 is 1.83 bits per heavy atom. The SMILES string of the molecule is O=c1cc(C=Nc2ccc(Br)cc2)[nH]cc1OCc1ccccc1. The number of H-pyrrole nitrogens is 1. The van der Waals surface area contributed by atoms with Crippen LogP contribution in [-0.4, -0.2) is 11.2 Å². The van der Waals surface area contributed by atoms with Crippen LogP contribution in [0.3, 0.4) is 0 Å². The molecule has 2 aromatic carbocycles. The van der Waals surface area contributed by atoms with Gasteiger partial charge in [-0.2, -0.15) is 0 Å². The maximum atomic E-state index is 12.1. The van der Waals surface area contributed by atoms with Gasteiger partial charge in [-0.25, -0.2) is 0 Å². The van der Waals surface area contributed by atoms with Gasteiger partial charge in [-0.05, 0) is 29.8 Å². The number of aromatic nitrogens is 1. The molecule has 0 fully saturated rings. The maximum Gasteiger partial charge on any atom is 0.224 e. The normalized spacial score (nSPS) is 10.9. The van der Waals surface area contributed by atoms with Crippen molar-refractivity contribution in [2.75, 3.05) is 0 Å². The van der Waals surface area contributed by atoms with Gasteiger partial charge in [-0.15, -0.1) is 0 Å². The summed E-state index contributed by atoms with van der Waals surface area (Å²) in [4.78, 5) is 19.4. The van der Waals surface area contributed by atoms with Crippen molar-refractivity contribution in [3.63, 3.8) is 0 Å². The van der Waals surface area contributed by atoms with Gasteiger partial charge in [-0.1, -0.05) is 46.3 Å².